The largest absolute Gasteiger partial charge is 0.381 e. The maximum atomic E-state index is 13.4. The Morgan fingerprint density at radius 2 is 1.90 bits per heavy atom. The van der Waals surface area contributed by atoms with E-state index in [2.05, 4.69) is 5.32 Å². The minimum Gasteiger partial charge on any atom is -0.381 e. The number of ether oxygens (including phenoxy) is 2. The van der Waals surface area contributed by atoms with E-state index in [1.807, 2.05) is 48.5 Å². The van der Waals surface area contributed by atoms with Crippen molar-refractivity contribution in [3.63, 3.8) is 0 Å². The van der Waals surface area contributed by atoms with Gasteiger partial charge in [0.05, 0.1) is 5.41 Å². The number of anilines is 2. The third-order valence-electron chi connectivity index (χ3n) is 5.91. The van der Waals surface area contributed by atoms with E-state index in [1.54, 1.807) is 4.90 Å². The number of methoxy groups -OCH3 is 1. The second-order valence-electron chi connectivity index (χ2n) is 7.59. The summed E-state index contributed by atoms with van der Waals surface area (Å²) in [5.41, 5.74) is 3.16. The van der Waals surface area contributed by atoms with Crippen molar-refractivity contribution in [3.8, 4) is 0 Å². The number of hydrogen-bond acceptors (Lipinski definition) is 4. The molecule has 0 atom stereocenters. The van der Waals surface area contributed by atoms with Crippen LogP contribution >= 0.6 is 0 Å². The molecule has 0 radical (unpaired) electrons. The van der Waals surface area contributed by atoms with Gasteiger partial charge in [-0.3, -0.25) is 9.59 Å². The molecule has 1 N–H and O–H groups in total. The fourth-order valence-electron chi connectivity index (χ4n) is 4.31. The van der Waals surface area contributed by atoms with Crippen molar-refractivity contribution < 1.29 is 19.1 Å². The lowest BCUT2D eigenvalue weighted by Gasteiger charge is -2.36. The van der Waals surface area contributed by atoms with Gasteiger partial charge in [-0.2, -0.15) is 0 Å². The van der Waals surface area contributed by atoms with E-state index in [0.29, 0.717) is 32.6 Å². The monoisotopic (exact) mass is 394 g/mol. The Hall–Kier alpha value is -2.70. The minimum absolute atomic E-state index is 0.00253. The van der Waals surface area contributed by atoms with E-state index < -0.39 is 5.41 Å². The zero-order valence-electron chi connectivity index (χ0n) is 16.6. The molecular weight excluding hydrogens is 368 g/mol. The quantitative estimate of drug-likeness (QED) is 0.847. The van der Waals surface area contributed by atoms with Crippen LogP contribution in [0.25, 0.3) is 0 Å². The van der Waals surface area contributed by atoms with Gasteiger partial charge in [0.2, 0.25) is 5.91 Å². The highest BCUT2D eigenvalue weighted by atomic mass is 16.5. The van der Waals surface area contributed by atoms with Gasteiger partial charge in [-0.25, -0.2) is 0 Å². The Bertz CT molecular complexity index is 891. The van der Waals surface area contributed by atoms with E-state index in [-0.39, 0.29) is 18.4 Å². The second kappa shape index (κ2) is 8.35. The van der Waals surface area contributed by atoms with Crippen LogP contribution in [0.15, 0.2) is 48.5 Å². The van der Waals surface area contributed by atoms with Gasteiger partial charge in [0, 0.05) is 38.2 Å². The first-order valence-corrected chi connectivity index (χ1v) is 10.0. The molecule has 4 rings (SSSR count). The molecule has 2 aromatic rings. The van der Waals surface area contributed by atoms with E-state index in [1.165, 1.54) is 7.11 Å². The molecule has 1 fully saturated rings. The number of fused-ring (bicyclic) bond motifs is 1. The van der Waals surface area contributed by atoms with Crippen molar-refractivity contribution in [2.24, 2.45) is 0 Å². The van der Waals surface area contributed by atoms with Crippen molar-refractivity contribution in [3.05, 3.63) is 59.7 Å². The summed E-state index contributed by atoms with van der Waals surface area (Å²) < 4.78 is 10.5. The maximum Gasteiger partial charge on any atom is 0.252 e. The van der Waals surface area contributed by atoms with Gasteiger partial charge in [-0.1, -0.05) is 30.3 Å². The number of nitrogens with one attached hydrogen (secondary N) is 1. The van der Waals surface area contributed by atoms with Crippen LogP contribution in [0.3, 0.4) is 0 Å². The smallest absolute Gasteiger partial charge is 0.252 e. The molecule has 0 spiro atoms. The molecule has 0 aliphatic carbocycles. The highest BCUT2D eigenvalue weighted by Gasteiger charge is 2.41. The number of hydrogen-bond donors (Lipinski definition) is 1. The molecule has 2 aliphatic rings. The Morgan fingerprint density at radius 3 is 2.62 bits per heavy atom. The molecule has 2 aliphatic heterocycles. The third-order valence-corrected chi connectivity index (χ3v) is 5.91. The predicted octanol–water partition coefficient (Wildman–Crippen LogP) is 2.91. The van der Waals surface area contributed by atoms with Gasteiger partial charge in [0.25, 0.3) is 5.91 Å². The van der Waals surface area contributed by atoms with E-state index >= 15 is 0 Å². The molecule has 6 heteroatoms. The lowest BCUT2D eigenvalue weighted by molar-refractivity contribution is -0.125. The summed E-state index contributed by atoms with van der Waals surface area (Å²) in [6, 6.07) is 15.7. The van der Waals surface area contributed by atoms with Gasteiger partial charge in [-0.05, 0) is 48.6 Å². The van der Waals surface area contributed by atoms with Crippen LogP contribution in [0.1, 0.15) is 24.0 Å². The van der Waals surface area contributed by atoms with Crippen LogP contribution in [-0.4, -0.2) is 45.3 Å². The summed E-state index contributed by atoms with van der Waals surface area (Å²) in [5.74, 6) is -0.0504. The Morgan fingerprint density at radius 1 is 1.14 bits per heavy atom. The van der Waals surface area contributed by atoms with Gasteiger partial charge >= 0.3 is 0 Å². The average molecular weight is 394 g/mol. The van der Waals surface area contributed by atoms with E-state index in [9.17, 15) is 9.59 Å². The van der Waals surface area contributed by atoms with Crippen LogP contribution in [0.2, 0.25) is 0 Å². The molecule has 6 nitrogen and oxygen atoms in total. The van der Waals surface area contributed by atoms with Crippen LogP contribution in [0, 0.1) is 0 Å². The number of rotatable bonds is 5. The van der Waals surface area contributed by atoms with Crippen molar-refractivity contribution in [1.29, 1.82) is 0 Å². The molecule has 2 heterocycles. The van der Waals surface area contributed by atoms with Gasteiger partial charge < -0.3 is 19.7 Å². The number of carbonyl (C=O) groups excluding carboxylic acids is 2. The van der Waals surface area contributed by atoms with Crippen LogP contribution < -0.4 is 10.2 Å². The van der Waals surface area contributed by atoms with Gasteiger partial charge in [0.15, 0.2) is 0 Å². The summed E-state index contributed by atoms with van der Waals surface area (Å²) in [7, 11) is 1.52. The number of amides is 2. The molecule has 2 aromatic carbocycles. The lowest BCUT2D eigenvalue weighted by Crippen LogP contribution is -2.44. The molecule has 29 heavy (non-hydrogen) atoms. The first-order valence-electron chi connectivity index (χ1n) is 10.0. The third kappa shape index (κ3) is 3.78. The van der Waals surface area contributed by atoms with Gasteiger partial charge in [-0.15, -0.1) is 0 Å². The van der Waals surface area contributed by atoms with E-state index in [0.717, 1.165) is 28.9 Å². The summed E-state index contributed by atoms with van der Waals surface area (Å²) in [5, 5.41) is 3.13. The molecular formula is C23H26N2O4. The molecule has 0 unspecified atom stereocenters. The Kier molecular flexibility index (Phi) is 5.65. The number of carbonyl (C=O) groups is 2. The first kappa shape index (κ1) is 19.6. The predicted molar refractivity (Wildman–Crippen MR) is 111 cm³/mol. The molecule has 2 amide bonds. The van der Waals surface area contributed by atoms with Crippen molar-refractivity contribution in [2.75, 3.05) is 43.7 Å². The van der Waals surface area contributed by atoms with Gasteiger partial charge in [0.1, 0.15) is 6.61 Å². The minimum atomic E-state index is -0.584. The maximum absolute atomic E-state index is 13.4. The van der Waals surface area contributed by atoms with Crippen LogP contribution in [0.5, 0.6) is 0 Å². The lowest BCUT2D eigenvalue weighted by atomic mass is 9.73. The second-order valence-corrected chi connectivity index (χ2v) is 7.59. The molecule has 0 aromatic heterocycles. The average Bonchev–Trinajstić information content (AvgIpc) is 3.18. The first-order chi connectivity index (χ1) is 14.1. The standard InChI is InChI=1S/C23H26N2O4/c1-28-16-21(26)25-12-9-17-15-19(7-8-20(17)25)24-22(27)23(10-13-29-14-11-23)18-5-3-2-4-6-18/h2-8,15H,9-14,16H2,1H3,(H,24,27). The molecule has 1 saturated heterocycles. The molecule has 152 valence electrons. The number of nitrogens with zero attached hydrogens (tertiary/aromatic N) is 1. The van der Waals surface area contributed by atoms with Crippen molar-refractivity contribution in [1.82, 2.24) is 0 Å². The topological polar surface area (TPSA) is 67.9 Å². The zero-order valence-corrected chi connectivity index (χ0v) is 16.6. The van der Waals surface area contributed by atoms with Crippen LogP contribution in [-0.2, 0) is 30.9 Å². The molecule has 0 bridgehead atoms. The van der Waals surface area contributed by atoms with Crippen molar-refractivity contribution in [2.45, 2.75) is 24.7 Å². The number of benzene rings is 2. The summed E-state index contributed by atoms with van der Waals surface area (Å²) >= 11 is 0. The van der Waals surface area contributed by atoms with Crippen LogP contribution in [0.4, 0.5) is 11.4 Å². The fourth-order valence-corrected chi connectivity index (χ4v) is 4.31. The summed E-state index contributed by atoms with van der Waals surface area (Å²) in [6.45, 7) is 1.85. The van der Waals surface area contributed by atoms with Crippen molar-refractivity contribution >= 4 is 23.2 Å². The highest BCUT2D eigenvalue weighted by molar-refractivity contribution is 6.00. The summed E-state index contributed by atoms with van der Waals surface area (Å²) in [6.07, 6.45) is 2.09. The SMILES string of the molecule is COCC(=O)N1CCc2cc(NC(=O)C3(c4ccccc4)CCOCC3)ccc21. The summed E-state index contributed by atoms with van der Waals surface area (Å²) in [4.78, 5) is 27.3. The Balaban J connectivity index is 1.56. The Labute approximate surface area is 170 Å². The normalized spacial score (nSPS) is 17.6. The highest BCUT2D eigenvalue weighted by Crippen LogP contribution is 2.37. The van der Waals surface area contributed by atoms with E-state index in [4.69, 9.17) is 9.47 Å². The molecule has 0 saturated carbocycles. The fraction of sp³-hybridized carbons (Fsp3) is 0.391. The zero-order chi connectivity index (χ0) is 20.3.